The molecule has 0 saturated carbocycles. The molecule has 0 aromatic carbocycles. The van der Waals surface area contributed by atoms with Crippen LogP contribution in [-0.4, -0.2) is 36.0 Å². The second-order valence-corrected chi connectivity index (χ2v) is 3.21. The van der Waals surface area contributed by atoms with Gasteiger partial charge >= 0.3 is 6.09 Å². The summed E-state index contributed by atoms with van der Waals surface area (Å²) in [7, 11) is 0. The van der Waals surface area contributed by atoms with E-state index in [0.717, 1.165) is 0 Å². The van der Waals surface area contributed by atoms with Gasteiger partial charge in [0, 0.05) is 11.0 Å². The van der Waals surface area contributed by atoms with Crippen molar-refractivity contribution in [1.82, 2.24) is 5.32 Å². The molecular weight excluding hydrogens is 188 g/mol. The molecule has 1 saturated heterocycles. The van der Waals surface area contributed by atoms with Crippen molar-refractivity contribution in [1.29, 1.82) is 0 Å². The number of carbonyl (C=O) groups is 1. The van der Waals surface area contributed by atoms with Crippen LogP contribution in [0.2, 0.25) is 0 Å². The lowest BCUT2D eigenvalue weighted by molar-refractivity contribution is 0.00202. The number of azide groups is 1. The highest BCUT2D eigenvalue weighted by Crippen LogP contribution is 2.16. The van der Waals surface area contributed by atoms with Gasteiger partial charge in [-0.3, -0.25) is 0 Å². The topological polar surface area (TPSA) is 107 Å². The molecule has 0 unspecified atom stereocenters. The summed E-state index contributed by atoms with van der Waals surface area (Å²) < 4.78 is 5.26. The van der Waals surface area contributed by atoms with Crippen molar-refractivity contribution < 1.29 is 14.6 Å². The largest absolute Gasteiger partial charge is 0.465 e. The second-order valence-electron chi connectivity index (χ2n) is 3.21. The molecule has 2 N–H and O–H groups in total. The van der Waals surface area contributed by atoms with E-state index in [1.807, 2.05) is 6.92 Å². The fourth-order valence-electron chi connectivity index (χ4n) is 1.46. The minimum Gasteiger partial charge on any atom is -0.465 e. The van der Waals surface area contributed by atoms with Crippen molar-refractivity contribution >= 4 is 6.09 Å². The Kier molecular flexibility index (Phi) is 3.55. The zero-order valence-corrected chi connectivity index (χ0v) is 7.75. The van der Waals surface area contributed by atoms with Crippen molar-refractivity contribution in [2.45, 2.75) is 31.5 Å². The third-order valence-electron chi connectivity index (χ3n) is 2.11. The van der Waals surface area contributed by atoms with Crippen molar-refractivity contribution in [3.63, 3.8) is 0 Å². The number of nitrogens with one attached hydrogen (secondary N) is 1. The first-order valence-corrected chi connectivity index (χ1v) is 4.28. The smallest absolute Gasteiger partial charge is 0.404 e. The third kappa shape index (κ3) is 2.79. The van der Waals surface area contributed by atoms with Crippen LogP contribution in [0.15, 0.2) is 5.11 Å². The lowest BCUT2D eigenvalue weighted by atomic mass is 10.0. The number of rotatable bonds is 2. The molecule has 3 atom stereocenters. The van der Waals surface area contributed by atoms with Gasteiger partial charge in [-0.05, 0) is 18.9 Å². The maximum absolute atomic E-state index is 10.4. The average molecular weight is 200 g/mol. The number of amides is 1. The molecule has 14 heavy (non-hydrogen) atoms. The van der Waals surface area contributed by atoms with E-state index in [4.69, 9.17) is 15.4 Å². The van der Waals surface area contributed by atoms with E-state index >= 15 is 0 Å². The van der Waals surface area contributed by atoms with E-state index < -0.39 is 12.1 Å². The van der Waals surface area contributed by atoms with E-state index in [1.165, 1.54) is 0 Å². The number of ether oxygens (including phenoxy) is 1. The molecule has 0 spiro atoms. The summed E-state index contributed by atoms with van der Waals surface area (Å²) in [6.07, 6.45) is -0.602. The zero-order chi connectivity index (χ0) is 10.6. The normalized spacial score (nSPS) is 31.6. The molecule has 0 aromatic heterocycles. The Morgan fingerprint density at radius 3 is 3.07 bits per heavy atom. The van der Waals surface area contributed by atoms with Gasteiger partial charge in [-0.1, -0.05) is 5.11 Å². The van der Waals surface area contributed by atoms with Crippen LogP contribution >= 0.6 is 0 Å². The highest BCUT2D eigenvalue weighted by Gasteiger charge is 2.29. The van der Waals surface area contributed by atoms with Gasteiger partial charge in [0.2, 0.25) is 0 Å². The molecule has 7 heteroatoms. The van der Waals surface area contributed by atoms with Crippen LogP contribution in [0.4, 0.5) is 4.79 Å². The Morgan fingerprint density at radius 1 is 1.79 bits per heavy atom. The first-order chi connectivity index (χ1) is 6.63. The zero-order valence-electron chi connectivity index (χ0n) is 7.75. The van der Waals surface area contributed by atoms with Crippen molar-refractivity contribution in [3.05, 3.63) is 10.4 Å². The fraction of sp³-hybridized carbons (Fsp3) is 0.857. The number of hydrogen-bond donors (Lipinski definition) is 2. The lowest BCUT2D eigenvalue weighted by Crippen LogP contribution is -2.49. The molecule has 1 aliphatic heterocycles. The lowest BCUT2D eigenvalue weighted by Gasteiger charge is -2.31. The Hall–Kier alpha value is -1.46. The summed E-state index contributed by atoms with van der Waals surface area (Å²) in [5.74, 6) is 0. The minimum absolute atomic E-state index is 0.0167. The van der Waals surface area contributed by atoms with E-state index in [2.05, 4.69) is 15.3 Å². The SMILES string of the molecule is C[C@H]1C[C@H](NC(=O)O)[C@H](N=[N+]=[N-])CO1. The van der Waals surface area contributed by atoms with Gasteiger partial charge in [-0.15, -0.1) is 0 Å². The highest BCUT2D eigenvalue weighted by atomic mass is 16.5. The average Bonchev–Trinajstić information content (AvgIpc) is 2.09. The van der Waals surface area contributed by atoms with Crippen LogP contribution in [0, 0.1) is 0 Å². The standard InChI is InChI=1S/C7H12N4O3/c1-4-2-5(9-7(12)13)6(3-14-4)10-11-8/h4-6,9H,2-3H2,1H3,(H,12,13)/t4-,5-,6+/m0/s1. The van der Waals surface area contributed by atoms with Gasteiger partial charge in [0.15, 0.2) is 0 Å². The summed E-state index contributed by atoms with van der Waals surface area (Å²) in [6, 6.07) is -0.806. The van der Waals surface area contributed by atoms with E-state index in [-0.39, 0.29) is 18.8 Å². The predicted molar refractivity (Wildman–Crippen MR) is 47.9 cm³/mol. The Bertz CT molecular complexity index is 264. The molecule has 1 heterocycles. The van der Waals surface area contributed by atoms with Crippen LogP contribution in [0.1, 0.15) is 13.3 Å². The highest BCUT2D eigenvalue weighted by molar-refractivity contribution is 5.65. The molecule has 1 amide bonds. The second kappa shape index (κ2) is 4.69. The third-order valence-corrected chi connectivity index (χ3v) is 2.11. The van der Waals surface area contributed by atoms with Gasteiger partial charge in [0.05, 0.1) is 18.8 Å². The molecule has 1 rings (SSSR count). The van der Waals surface area contributed by atoms with Crippen LogP contribution in [-0.2, 0) is 4.74 Å². The first kappa shape index (κ1) is 10.6. The Balaban J connectivity index is 2.62. The monoisotopic (exact) mass is 200 g/mol. The van der Waals surface area contributed by atoms with Crippen LogP contribution in [0.25, 0.3) is 10.4 Å². The molecule has 0 bridgehead atoms. The van der Waals surface area contributed by atoms with Crippen LogP contribution < -0.4 is 5.32 Å². The van der Waals surface area contributed by atoms with Crippen molar-refractivity contribution in [2.24, 2.45) is 5.11 Å². The predicted octanol–water partition coefficient (Wildman–Crippen LogP) is 1.11. The molecule has 1 fully saturated rings. The number of carboxylic acid groups (broad SMARTS) is 1. The summed E-state index contributed by atoms with van der Waals surface area (Å²) in [5.41, 5.74) is 8.26. The van der Waals surface area contributed by atoms with Gasteiger partial charge in [-0.25, -0.2) is 4.79 Å². The van der Waals surface area contributed by atoms with Crippen LogP contribution in [0.3, 0.4) is 0 Å². The first-order valence-electron chi connectivity index (χ1n) is 4.28. The maximum Gasteiger partial charge on any atom is 0.404 e. The van der Waals surface area contributed by atoms with Gasteiger partial charge < -0.3 is 15.2 Å². The molecular formula is C7H12N4O3. The fourth-order valence-corrected chi connectivity index (χ4v) is 1.46. The van der Waals surface area contributed by atoms with Gasteiger partial charge in [-0.2, -0.15) is 0 Å². The summed E-state index contributed by atoms with van der Waals surface area (Å²) in [4.78, 5) is 13.1. The summed E-state index contributed by atoms with van der Waals surface area (Å²) in [5, 5.41) is 14.4. The van der Waals surface area contributed by atoms with E-state index in [1.54, 1.807) is 0 Å². The molecule has 78 valence electrons. The van der Waals surface area contributed by atoms with Crippen molar-refractivity contribution in [3.8, 4) is 0 Å². The molecule has 1 aliphatic rings. The Morgan fingerprint density at radius 2 is 2.50 bits per heavy atom. The molecule has 0 aliphatic carbocycles. The molecule has 7 nitrogen and oxygen atoms in total. The minimum atomic E-state index is -1.11. The summed E-state index contributed by atoms with van der Waals surface area (Å²) >= 11 is 0. The quantitative estimate of drug-likeness (QED) is 0.396. The van der Waals surface area contributed by atoms with Crippen molar-refractivity contribution in [2.75, 3.05) is 6.61 Å². The summed E-state index contributed by atoms with van der Waals surface area (Å²) in [6.45, 7) is 2.11. The number of nitrogens with zero attached hydrogens (tertiary/aromatic N) is 3. The van der Waals surface area contributed by atoms with E-state index in [9.17, 15) is 4.79 Å². The van der Waals surface area contributed by atoms with Crippen LogP contribution in [0.5, 0.6) is 0 Å². The number of hydrogen-bond acceptors (Lipinski definition) is 3. The van der Waals surface area contributed by atoms with Gasteiger partial charge in [0.1, 0.15) is 0 Å². The van der Waals surface area contributed by atoms with Gasteiger partial charge in [0.25, 0.3) is 0 Å². The maximum atomic E-state index is 10.4. The Labute approximate surface area is 80.7 Å². The van der Waals surface area contributed by atoms with E-state index in [0.29, 0.717) is 6.42 Å². The molecule has 0 radical (unpaired) electrons. The molecule has 0 aromatic rings.